The molecule has 2 rings (SSSR count). The molecule has 4 nitrogen and oxygen atoms in total. The van der Waals surface area contributed by atoms with Gasteiger partial charge in [0.15, 0.2) is 11.8 Å². The summed E-state index contributed by atoms with van der Waals surface area (Å²) in [6.45, 7) is 1.83. The molecule has 0 bridgehead atoms. The van der Waals surface area contributed by atoms with Gasteiger partial charge in [0.05, 0.1) is 0 Å². The van der Waals surface area contributed by atoms with E-state index in [4.69, 9.17) is 20.8 Å². The smallest absolute Gasteiger partial charge is 0.287 e. The van der Waals surface area contributed by atoms with Gasteiger partial charge >= 0.3 is 0 Å². The minimum atomic E-state index is -0.237. The maximum atomic E-state index is 11.6. The molecule has 1 aromatic heterocycles. The zero-order valence-electron chi connectivity index (χ0n) is 9.54. The number of halogens is 1. The van der Waals surface area contributed by atoms with E-state index in [0.717, 1.165) is 10.9 Å². The van der Waals surface area contributed by atoms with Crippen LogP contribution in [0.5, 0.6) is 5.75 Å². The standard InChI is InChI=1S/C12H12ClNO3/c1-7-9-5-8(16-6-13)3-4-10(9)17-11(7)12(15)14-2/h3-5H,6H2,1-2H3,(H,14,15). The van der Waals surface area contributed by atoms with Gasteiger partial charge in [0.25, 0.3) is 5.91 Å². The molecule has 1 amide bonds. The van der Waals surface area contributed by atoms with E-state index in [1.807, 2.05) is 13.0 Å². The van der Waals surface area contributed by atoms with Crippen molar-refractivity contribution in [2.24, 2.45) is 0 Å². The van der Waals surface area contributed by atoms with Crippen LogP contribution in [0, 0.1) is 6.92 Å². The predicted octanol–water partition coefficient (Wildman–Crippen LogP) is 2.68. The number of fused-ring (bicyclic) bond motifs is 1. The average molecular weight is 254 g/mol. The van der Waals surface area contributed by atoms with E-state index in [9.17, 15) is 4.79 Å². The number of ether oxygens (including phenoxy) is 1. The van der Waals surface area contributed by atoms with Crippen LogP contribution in [0.2, 0.25) is 0 Å². The van der Waals surface area contributed by atoms with Crippen LogP contribution in [-0.2, 0) is 0 Å². The van der Waals surface area contributed by atoms with Gasteiger partial charge in [-0.1, -0.05) is 11.6 Å². The molecule has 5 heteroatoms. The normalized spacial score (nSPS) is 10.5. The lowest BCUT2D eigenvalue weighted by Crippen LogP contribution is -2.17. The first kappa shape index (κ1) is 11.8. The molecule has 0 saturated carbocycles. The minimum absolute atomic E-state index is 0.0880. The van der Waals surface area contributed by atoms with Crippen molar-refractivity contribution in [2.45, 2.75) is 6.92 Å². The molecule has 1 N–H and O–H groups in total. The highest BCUT2D eigenvalue weighted by molar-refractivity contribution is 6.17. The first-order valence-corrected chi connectivity index (χ1v) is 5.64. The number of benzene rings is 1. The van der Waals surface area contributed by atoms with Crippen LogP contribution in [0.4, 0.5) is 0 Å². The van der Waals surface area contributed by atoms with Gasteiger partial charge in [0.1, 0.15) is 11.3 Å². The molecule has 0 aliphatic rings. The third-order valence-corrected chi connectivity index (χ3v) is 2.67. The lowest BCUT2D eigenvalue weighted by atomic mass is 10.1. The summed E-state index contributed by atoms with van der Waals surface area (Å²) in [6, 6.07) is 5.41. The summed E-state index contributed by atoms with van der Waals surface area (Å²) in [5, 5.41) is 3.39. The van der Waals surface area contributed by atoms with E-state index >= 15 is 0 Å². The molecule has 0 aliphatic carbocycles. The molecule has 1 aromatic carbocycles. The van der Waals surface area contributed by atoms with Crippen LogP contribution < -0.4 is 10.1 Å². The van der Waals surface area contributed by atoms with Crippen LogP contribution >= 0.6 is 11.6 Å². The highest BCUT2D eigenvalue weighted by atomic mass is 35.5. The highest BCUT2D eigenvalue weighted by Gasteiger charge is 2.16. The zero-order valence-corrected chi connectivity index (χ0v) is 10.3. The van der Waals surface area contributed by atoms with E-state index in [1.165, 1.54) is 0 Å². The minimum Gasteiger partial charge on any atom is -0.478 e. The quantitative estimate of drug-likeness (QED) is 0.856. The third kappa shape index (κ3) is 2.08. The Morgan fingerprint density at radius 3 is 2.94 bits per heavy atom. The van der Waals surface area contributed by atoms with Crippen LogP contribution in [0.1, 0.15) is 16.1 Å². The number of hydrogen-bond acceptors (Lipinski definition) is 3. The Bertz CT molecular complexity index is 562. The molecule has 0 radical (unpaired) electrons. The number of carbonyl (C=O) groups excluding carboxylic acids is 1. The Hall–Kier alpha value is -1.68. The van der Waals surface area contributed by atoms with E-state index in [0.29, 0.717) is 17.1 Å². The molecule has 17 heavy (non-hydrogen) atoms. The van der Waals surface area contributed by atoms with Gasteiger partial charge in [-0.15, -0.1) is 0 Å². The molecule has 0 fully saturated rings. The van der Waals surface area contributed by atoms with E-state index < -0.39 is 0 Å². The Balaban J connectivity index is 2.54. The Kier molecular flexibility index (Phi) is 3.24. The molecule has 0 spiro atoms. The molecule has 0 aliphatic heterocycles. The van der Waals surface area contributed by atoms with Gasteiger partial charge in [-0.3, -0.25) is 4.79 Å². The molecule has 0 atom stereocenters. The number of furan rings is 1. The molecule has 0 unspecified atom stereocenters. The molecule has 2 aromatic rings. The van der Waals surface area contributed by atoms with Crippen molar-refractivity contribution >= 4 is 28.5 Å². The van der Waals surface area contributed by atoms with E-state index in [-0.39, 0.29) is 12.0 Å². The van der Waals surface area contributed by atoms with E-state index in [2.05, 4.69) is 5.32 Å². The van der Waals surface area contributed by atoms with Crippen LogP contribution in [0.25, 0.3) is 11.0 Å². The number of rotatable bonds is 3. The summed E-state index contributed by atoms with van der Waals surface area (Å²) >= 11 is 5.50. The number of nitrogens with one attached hydrogen (secondary N) is 1. The van der Waals surface area contributed by atoms with Crippen molar-refractivity contribution in [2.75, 3.05) is 13.1 Å². The number of aryl methyl sites for hydroxylation is 1. The van der Waals surface area contributed by atoms with Crippen molar-refractivity contribution in [3.63, 3.8) is 0 Å². The number of hydrogen-bond donors (Lipinski definition) is 1. The van der Waals surface area contributed by atoms with Crippen LogP contribution in [-0.4, -0.2) is 19.0 Å². The van der Waals surface area contributed by atoms with Gasteiger partial charge in [-0.05, 0) is 25.1 Å². The number of alkyl halides is 1. The maximum Gasteiger partial charge on any atom is 0.287 e. The highest BCUT2D eigenvalue weighted by Crippen LogP contribution is 2.28. The van der Waals surface area contributed by atoms with Crippen molar-refractivity contribution in [1.82, 2.24) is 5.32 Å². The topological polar surface area (TPSA) is 51.5 Å². The van der Waals surface area contributed by atoms with E-state index in [1.54, 1.807) is 19.2 Å². The average Bonchev–Trinajstić information content (AvgIpc) is 2.67. The van der Waals surface area contributed by atoms with Crippen molar-refractivity contribution in [1.29, 1.82) is 0 Å². The Morgan fingerprint density at radius 2 is 2.29 bits per heavy atom. The van der Waals surface area contributed by atoms with Crippen molar-refractivity contribution in [3.05, 3.63) is 29.5 Å². The zero-order chi connectivity index (χ0) is 12.4. The second-order valence-corrected chi connectivity index (χ2v) is 3.76. The molecular weight excluding hydrogens is 242 g/mol. The van der Waals surface area contributed by atoms with Crippen molar-refractivity contribution < 1.29 is 13.9 Å². The Labute approximate surface area is 103 Å². The summed E-state index contributed by atoms with van der Waals surface area (Å²) in [6.07, 6.45) is 0. The molecule has 0 saturated heterocycles. The van der Waals surface area contributed by atoms with Gasteiger partial charge in [0.2, 0.25) is 0 Å². The first-order chi connectivity index (χ1) is 8.17. The number of amides is 1. The lowest BCUT2D eigenvalue weighted by Gasteiger charge is -2.00. The second kappa shape index (κ2) is 4.67. The van der Waals surface area contributed by atoms with Gasteiger partial charge in [-0.25, -0.2) is 0 Å². The molecule has 1 heterocycles. The summed E-state index contributed by atoms with van der Waals surface area (Å²) in [4.78, 5) is 11.6. The largest absolute Gasteiger partial charge is 0.478 e. The maximum absolute atomic E-state index is 11.6. The molecule has 90 valence electrons. The second-order valence-electron chi connectivity index (χ2n) is 3.55. The summed E-state index contributed by atoms with van der Waals surface area (Å²) < 4.78 is 10.7. The summed E-state index contributed by atoms with van der Waals surface area (Å²) in [7, 11) is 1.57. The third-order valence-electron chi connectivity index (χ3n) is 2.56. The Morgan fingerprint density at radius 1 is 1.53 bits per heavy atom. The van der Waals surface area contributed by atoms with Gasteiger partial charge in [0, 0.05) is 18.0 Å². The van der Waals surface area contributed by atoms with Gasteiger partial charge in [-0.2, -0.15) is 0 Å². The molecular formula is C12H12ClNO3. The summed E-state index contributed by atoms with van der Waals surface area (Å²) in [5.41, 5.74) is 1.45. The summed E-state index contributed by atoms with van der Waals surface area (Å²) in [5.74, 6) is 0.740. The van der Waals surface area contributed by atoms with Crippen LogP contribution in [0.3, 0.4) is 0 Å². The fraction of sp³-hybridized carbons (Fsp3) is 0.250. The lowest BCUT2D eigenvalue weighted by molar-refractivity contribution is 0.0937. The van der Waals surface area contributed by atoms with Crippen molar-refractivity contribution in [3.8, 4) is 5.75 Å². The number of carbonyl (C=O) groups is 1. The first-order valence-electron chi connectivity index (χ1n) is 5.11. The van der Waals surface area contributed by atoms with Crippen LogP contribution in [0.15, 0.2) is 22.6 Å². The monoisotopic (exact) mass is 253 g/mol. The fourth-order valence-corrected chi connectivity index (χ4v) is 1.81. The predicted molar refractivity (Wildman–Crippen MR) is 65.7 cm³/mol. The van der Waals surface area contributed by atoms with Gasteiger partial charge < -0.3 is 14.5 Å². The SMILES string of the molecule is CNC(=O)c1oc2ccc(OCCl)cc2c1C. The fourth-order valence-electron chi connectivity index (χ4n) is 1.68.